The summed E-state index contributed by atoms with van der Waals surface area (Å²) >= 11 is 0. The minimum absolute atomic E-state index is 0.0368. The van der Waals surface area contributed by atoms with E-state index >= 15 is 0 Å². The van der Waals surface area contributed by atoms with Crippen molar-refractivity contribution in [3.63, 3.8) is 0 Å². The average molecular weight is 503 g/mol. The van der Waals surface area contributed by atoms with Crippen LogP contribution < -0.4 is 10.1 Å². The van der Waals surface area contributed by atoms with Crippen LogP contribution in [-0.4, -0.2) is 36.8 Å². The fraction of sp³-hybridized carbons (Fsp3) is 0.429. The van der Waals surface area contributed by atoms with E-state index in [4.69, 9.17) is 4.74 Å². The van der Waals surface area contributed by atoms with E-state index in [1.807, 2.05) is 33.9 Å². The smallest absolute Gasteiger partial charge is 0.258 e. The van der Waals surface area contributed by atoms with Gasteiger partial charge in [-0.2, -0.15) is 5.10 Å². The van der Waals surface area contributed by atoms with Crippen LogP contribution in [-0.2, 0) is 13.6 Å². The van der Waals surface area contributed by atoms with Crippen molar-refractivity contribution in [2.45, 2.75) is 52.5 Å². The molecule has 2 atom stereocenters. The summed E-state index contributed by atoms with van der Waals surface area (Å²) in [5.74, 6) is 1.38. The van der Waals surface area contributed by atoms with Gasteiger partial charge in [-0.05, 0) is 67.7 Å². The number of aromatic nitrogens is 5. The number of anilines is 1. The normalized spacial score (nSPS) is 19.7. The van der Waals surface area contributed by atoms with Crippen LogP contribution in [0.15, 0.2) is 30.5 Å². The van der Waals surface area contributed by atoms with E-state index in [0.717, 1.165) is 30.3 Å². The number of benzene rings is 1. The molecule has 1 amide bonds. The zero-order chi connectivity index (χ0) is 25.8. The van der Waals surface area contributed by atoms with Crippen molar-refractivity contribution in [3.05, 3.63) is 53.1 Å². The molecule has 1 aliphatic heterocycles. The summed E-state index contributed by atoms with van der Waals surface area (Å²) in [7, 11) is 1.85. The molecule has 1 N–H and O–H groups in total. The van der Waals surface area contributed by atoms with Crippen LogP contribution in [0, 0.1) is 24.6 Å². The van der Waals surface area contributed by atoms with Crippen molar-refractivity contribution in [2.75, 3.05) is 11.9 Å². The van der Waals surface area contributed by atoms with Crippen molar-refractivity contribution < 1.29 is 13.9 Å². The molecule has 0 spiro atoms. The van der Waals surface area contributed by atoms with Gasteiger partial charge in [-0.3, -0.25) is 15.1 Å². The van der Waals surface area contributed by atoms with Crippen LogP contribution in [0.2, 0.25) is 0 Å². The quantitative estimate of drug-likeness (QED) is 0.373. The van der Waals surface area contributed by atoms with E-state index in [1.165, 1.54) is 6.07 Å². The predicted octanol–water partition coefficient (Wildman–Crippen LogP) is 5.46. The van der Waals surface area contributed by atoms with Gasteiger partial charge >= 0.3 is 0 Å². The van der Waals surface area contributed by atoms with Gasteiger partial charge in [0.25, 0.3) is 5.91 Å². The van der Waals surface area contributed by atoms with Crippen LogP contribution in [0.3, 0.4) is 0 Å². The Morgan fingerprint density at radius 1 is 1.14 bits per heavy atom. The lowest BCUT2D eigenvalue weighted by Crippen LogP contribution is -2.18. The van der Waals surface area contributed by atoms with Crippen molar-refractivity contribution in [1.82, 2.24) is 24.3 Å². The number of pyridine rings is 1. The standard InChI is InChI=1S/C28H31FN6O2/c1-15(2)20-10-25-24(11-22(20)29)32-28-33-26(36)19-7-16(3)31-23(9-19)21-12-30-34(4)27(21)37-14-18-6-5-17(8-18)13-35(25)28/h7,9-12,15,17-18H,5-6,8,13-14H2,1-4H3,(H,32,33,36)/t17-,18+/m0/s1. The Bertz CT molecular complexity index is 1520. The first-order chi connectivity index (χ1) is 17.8. The molecule has 37 heavy (non-hydrogen) atoms. The highest BCUT2D eigenvalue weighted by Gasteiger charge is 2.29. The Kier molecular flexibility index (Phi) is 5.73. The van der Waals surface area contributed by atoms with Crippen LogP contribution in [0.1, 0.15) is 60.6 Å². The second-order valence-corrected chi connectivity index (χ2v) is 10.7. The molecule has 6 rings (SSSR count). The third-order valence-electron chi connectivity index (χ3n) is 7.64. The lowest BCUT2D eigenvalue weighted by molar-refractivity contribution is 0.102. The van der Waals surface area contributed by atoms with E-state index in [2.05, 4.69) is 25.0 Å². The Balaban J connectivity index is 1.49. The number of ether oxygens (including phenoxy) is 1. The van der Waals surface area contributed by atoms with Crippen molar-refractivity contribution in [2.24, 2.45) is 18.9 Å². The second kappa shape index (κ2) is 8.97. The number of carbonyl (C=O) groups is 1. The van der Waals surface area contributed by atoms with Crippen molar-refractivity contribution in [3.8, 4) is 17.1 Å². The molecule has 1 aliphatic carbocycles. The fourth-order valence-corrected chi connectivity index (χ4v) is 5.72. The summed E-state index contributed by atoms with van der Waals surface area (Å²) in [5, 5.41) is 7.41. The number of fused-ring (bicyclic) bond motifs is 9. The molecule has 8 nitrogen and oxygen atoms in total. The van der Waals surface area contributed by atoms with Gasteiger partial charge in [0, 0.05) is 30.9 Å². The van der Waals surface area contributed by atoms with Crippen LogP contribution in [0.4, 0.5) is 10.3 Å². The van der Waals surface area contributed by atoms with Gasteiger partial charge in [-0.1, -0.05) is 13.8 Å². The molecular weight excluding hydrogens is 471 g/mol. The summed E-state index contributed by atoms with van der Waals surface area (Å²) in [5.41, 5.74) is 4.59. The molecule has 9 heteroatoms. The molecule has 0 saturated heterocycles. The molecule has 0 unspecified atom stereocenters. The SMILES string of the molecule is Cc1cc2cc(n1)-c1cnn(C)c1OC[C@@H]1CC[C@@H](C1)Cn1c(nc3cc(F)c(C(C)C)cc31)NC2=O. The second-order valence-electron chi connectivity index (χ2n) is 10.7. The molecular formula is C28H31FN6O2. The summed E-state index contributed by atoms with van der Waals surface area (Å²) in [6.07, 6.45) is 4.85. The minimum Gasteiger partial charge on any atom is -0.477 e. The van der Waals surface area contributed by atoms with Gasteiger partial charge in [-0.15, -0.1) is 0 Å². The largest absolute Gasteiger partial charge is 0.477 e. The number of carbonyl (C=O) groups excluding carboxylic acids is 1. The number of rotatable bonds is 1. The molecule has 2 aliphatic rings. The molecule has 4 heterocycles. The number of nitrogens with one attached hydrogen (secondary N) is 1. The molecule has 1 fully saturated rings. The van der Waals surface area contributed by atoms with E-state index in [0.29, 0.717) is 64.8 Å². The van der Waals surface area contributed by atoms with Crippen LogP contribution in [0.5, 0.6) is 5.88 Å². The zero-order valence-corrected chi connectivity index (χ0v) is 21.6. The minimum atomic E-state index is -0.293. The fourth-order valence-electron chi connectivity index (χ4n) is 5.72. The summed E-state index contributed by atoms with van der Waals surface area (Å²) < 4.78 is 24.9. The lowest BCUT2D eigenvalue weighted by atomic mass is 10.0. The number of hydrogen-bond acceptors (Lipinski definition) is 5. The van der Waals surface area contributed by atoms with Gasteiger partial charge in [0.15, 0.2) is 0 Å². The number of hydrogen-bond donors (Lipinski definition) is 1. The maximum absolute atomic E-state index is 14.8. The van der Waals surface area contributed by atoms with Gasteiger partial charge < -0.3 is 9.30 Å². The monoisotopic (exact) mass is 502 g/mol. The molecule has 1 saturated carbocycles. The number of aryl methyl sites for hydroxylation is 2. The topological polar surface area (TPSA) is 86.9 Å². The summed E-state index contributed by atoms with van der Waals surface area (Å²) in [6.45, 7) is 7.11. The highest BCUT2D eigenvalue weighted by molar-refractivity contribution is 6.04. The van der Waals surface area contributed by atoms with Gasteiger partial charge in [-0.25, -0.2) is 14.1 Å². The number of nitrogens with zero attached hydrogens (tertiary/aromatic N) is 5. The van der Waals surface area contributed by atoms with Crippen LogP contribution >= 0.6 is 0 Å². The first-order valence-corrected chi connectivity index (χ1v) is 12.9. The molecule has 3 aromatic heterocycles. The Morgan fingerprint density at radius 2 is 1.95 bits per heavy atom. The maximum atomic E-state index is 14.8. The molecule has 4 aromatic rings. The average Bonchev–Trinajstić information content (AvgIpc) is 3.54. The molecule has 192 valence electrons. The summed E-state index contributed by atoms with van der Waals surface area (Å²) in [4.78, 5) is 22.9. The van der Waals surface area contributed by atoms with E-state index < -0.39 is 0 Å². The van der Waals surface area contributed by atoms with Gasteiger partial charge in [0.05, 0.1) is 35.1 Å². The number of imidazole rings is 1. The number of amides is 1. The third kappa shape index (κ3) is 4.26. The first kappa shape index (κ1) is 23.6. The van der Waals surface area contributed by atoms with E-state index in [-0.39, 0.29) is 17.6 Å². The van der Waals surface area contributed by atoms with Crippen molar-refractivity contribution >= 4 is 22.9 Å². The Morgan fingerprint density at radius 3 is 2.76 bits per heavy atom. The first-order valence-electron chi connectivity index (χ1n) is 12.9. The van der Waals surface area contributed by atoms with E-state index in [9.17, 15) is 9.18 Å². The number of halogens is 1. The van der Waals surface area contributed by atoms with E-state index in [1.54, 1.807) is 23.0 Å². The van der Waals surface area contributed by atoms with Crippen LogP contribution in [0.25, 0.3) is 22.3 Å². The Labute approximate surface area is 214 Å². The Hall–Kier alpha value is -3.75. The van der Waals surface area contributed by atoms with Gasteiger partial charge in [0.1, 0.15) is 5.82 Å². The molecule has 0 radical (unpaired) electrons. The zero-order valence-electron chi connectivity index (χ0n) is 21.6. The summed E-state index contributed by atoms with van der Waals surface area (Å²) in [6, 6.07) is 6.87. The van der Waals surface area contributed by atoms with Crippen molar-refractivity contribution in [1.29, 1.82) is 0 Å². The van der Waals surface area contributed by atoms with Gasteiger partial charge in [0.2, 0.25) is 11.8 Å². The highest BCUT2D eigenvalue weighted by Crippen LogP contribution is 2.37. The highest BCUT2D eigenvalue weighted by atomic mass is 19.1. The third-order valence-corrected chi connectivity index (χ3v) is 7.64. The maximum Gasteiger partial charge on any atom is 0.258 e. The molecule has 4 bridgehead atoms. The predicted molar refractivity (Wildman–Crippen MR) is 139 cm³/mol. The molecule has 1 aromatic carbocycles. The lowest BCUT2D eigenvalue weighted by Gasteiger charge is -2.16.